The first kappa shape index (κ1) is 10.4. The van der Waals surface area contributed by atoms with Crippen molar-refractivity contribution < 1.29 is 8.78 Å². The molecule has 0 aromatic carbocycles. The van der Waals surface area contributed by atoms with Crippen molar-refractivity contribution in [2.75, 3.05) is 23.7 Å². The fourth-order valence-corrected chi connectivity index (χ4v) is 1.70. The lowest BCUT2D eigenvalue weighted by atomic mass is 10.3. The number of anilines is 2. The van der Waals surface area contributed by atoms with Gasteiger partial charge >= 0.3 is 0 Å². The van der Waals surface area contributed by atoms with E-state index in [0.29, 0.717) is 5.82 Å². The van der Waals surface area contributed by atoms with Crippen LogP contribution in [0.1, 0.15) is 6.42 Å². The topological polar surface area (TPSA) is 55.0 Å². The number of aromatic nitrogens is 2. The average Bonchev–Trinajstić information content (AvgIpc) is 2.44. The van der Waals surface area contributed by atoms with E-state index in [1.54, 1.807) is 0 Å². The molecule has 1 aliphatic heterocycles. The molecule has 2 rings (SSSR count). The van der Waals surface area contributed by atoms with Gasteiger partial charge in [0, 0.05) is 19.0 Å². The Labute approximate surface area is 90.1 Å². The Hall–Kier alpha value is -1.17. The second-order valence-corrected chi connectivity index (χ2v) is 3.82. The Morgan fingerprint density at radius 1 is 1.47 bits per heavy atom. The van der Waals surface area contributed by atoms with E-state index in [1.807, 2.05) is 0 Å². The largest absolute Gasteiger partial charge is 0.368 e. The van der Waals surface area contributed by atoms with Crippen molar-refractivity contribution in [3.63, 3.8) is 0 Å². The number of rotatable bonds is 1. The van der Waals surface area contributed by atoms with Crippen LogP contribution in [-0.2, 0) is 0 Å². The van der Waals surface area contributed by atoms with E-state index < -0.39 is 5.92 Å². The van der Waals surface area contributed by atoms with Crippen molar-refractivity contribution in [2.24, 2.45) is 0 Å². The number of nitrogens with zero attached hydrogens (tertiary/aromatic N) is 3. The zero-order chi connectivity index (χ0) is 11.1. The third-order valence-corrected chi connectivity index (χ3v) is 2.39. The van der Waals surface area contributed by atoms with Gasteiger partial charge < -0.3 is 10.6 Å². The molecule has 0 spiro atoms. The Morgan fingerprint density at radius 2 is 2.20 bits per heavy atom. The van der Waals surface area contributed by atoms with Crippen molar-refractivity contribution in [1.29, 1.82) is 0 Å². The molecule has 1 aromatic rings. The highest BCUT2D eigenvalue weighted by Crippen LogP contribution is 2.30. The summed E-state index contributed by atoms with van der Waals surface area (Å²) in [6.07, 6.45) is -0.172. The van der Waals surface area contributed by atoms with E-state index in [1.165, 1.54) is 11.0 Å². The van der Waals surface area contributed by atoms with Gasteiger partial charge in [-0.25, -0.2) is 13.8 Å². The highest BCUT2D eigenvalue weighted by atomic mass is 35.5. The van der Waals surface area contributed by atoms with Crippen LogP contribution in [0.25, 0.3) is 0 Å². The predicted molar refractivity (Wildman–Crippen MR) is 53.2 cm³/mol. The number of alkyl halides is 2. The van der Waals surface area contributed by atoms with Gasteiger partial charge in [-0.15, -0.1) is 0 Å². The number of hydrogen-bond donors (Lipinski definition) is 1. The third-order valence-electron chi connectivity index (χ3n) is 2.19. The molecule has 2 N–H and O–H groups in total. The summed E-state index contributed by atoms with van der Waals surface area (Å²) in [4.78, 5) is 8.96. The second-order valence-electron chi connectivity index (χ2n) is 3.43. The molecule has 1 saturated heterocycles. The van der Waals surface area contributed by atoms with Gasteiger partial charge in [0.1, 0.15) is 11.0 Å². The second kappa shape index (κ2) is 3.44. The molecule has 2 heterocycles. The molecule has 0 atom stereocenters. The van der Waals surface area contributed by atoms with Crippen molar-refractivity contribution in [3.8, 4) is 0 Å². The summed E-state index contributed by atoms with van der Waals surface area (Å²) in [5.74, 6) is -2.32. The maximum absolute atomic E-state index is 12.9. The summed E-state index contributed by atoms with van der Waals surface area (Å²) in [6.45, 7) is -0.0977. The van der Waals surface area contributed by atoms with Gasteiger partial charge in [-0.1, -0.05) is 11.6 Å². The van der Waals surface area contributed by atoms with Crippen LogP contribution in [0.2, 0.25) is 5.15 Å². The molecule has 0 saturated carbocycles. The molecular formula is C8H9ClF2N4. The standard InChI is InChI=1S/C8H9ClF2N4/c9-5-3-6(14-7(12)13-5)15-2-1-8(10,11)4-15/h3H,1-2,4H2,(H2,12,13,14). The summed E-state index contributed by atoms with van der Waals surface area (Å²) < 4.78 is 25.9. The van der Waals surface area contributed by atoms with Gasteiger partial charge in [0.05, 0.1) is 6.54 Å². The lowest BCUT2D eigenvalue weighted by Crippen LogP contribution is -2.25. The average molecular weight is 235 g/mol. The number of nitrogen functional groups attached to an aromatic ring is 1. The number of halogens is 3. The minimum absolute atomic E-state index is 0.00674. The quantitative estimate of drug-likeness (QED) is 0.750. The maximum Gasteiger partial charge on any atom is 0.266 e. The Morgan fingerprint density at radius 3 is 2.73 bits per heavy atom. The number of hydrogen-bond acceptors (Lipinski definition) is 4. The van der Waals surface area contributed by atoms with Gasteiger partial charge in [-0.05, 0) is 0 Å². The zero-order valence-electron chi connectivity index (χ0n) is 7.75. The van der Waals surface area contributed by atoms with Crippen LogP contribution >= 0.6 is 11.6 Å². The zero-order valence-corrected chi connectivity index (χ0v) is 8.51. The predicted octanol–water partition coefficient (Wildman–Crippen LogP) is 1.56. The van der Waals surface area contributed by atoms with Crippen LogP contribution < -0.4 is 10.6 Å². The van der Waals surface area contributed by atoms with Crippen LogP contribution in [-0.4, -0.2) is 29.0 Å². The third kappa shape index (κ3) is 2.26. The molecule has 0 radical (unpaired) electrons. The molecule has 0 bridgehead atoms. The summed E-state index contributed by atoms with van der Waals surface area (Å²) in [5.41, 5.74) is 5.37. The Kier molecular flexibility index (Phi) is 2.38. The molecular weight excluding hydrogens is 226 g/mol. The maximum atomic E-state index is 12.9. The molecule has 0 unspecified atom stereocenters. The van der Waals surface area contributed by atoms with Crippen molar-refractivity contribution in [2.45, 2.75) is 12.3 Å². The molecule has 82 valence electrons. The first-order chi connectivity index (χ1) is 6.96. The first-order valence-corrected chi connectivity index (χ1v) is 4.77. The van der Waals surface area contributed by atoms with Gasteiger partial charge in [0.2, 0.25) is 5.95 Å². The van der Waals surface area contributed by atoms with Gasteiger partial charge in [-0.2, -0.15) is 4.98 Å². The monoisotopic (exact) mass is 234 g/mol. The van der Waals surface area contributed by atoms with Crippen molar-refractivity contribution >= 4 is 23.4 Å². The molecule has 0 amide bonds. The SMILES string of the molecule is Nc1nc(Cl)cc(N2CCC(F)(F)C2)n1. The van der Waals surface area contributed by atoms with E-state index in [-0.39, 0.29) is 30.6 Å². The summed E-state index contributed by atoms with van der Waals surface area (Å²) in [5, 5.41) is 0.160. The molecule has 7 heteroatoms. The van der Waals surface area contributed by atoms with Crippen molar-refractivity contribution in [1.82, 2.24) is 9.97 Å². The van der Waals surface area contributed by atoms with Crippen LogP contribution in [0.3, 0.4) is 0 Å². The van der Waals surface area contributed by atoms with Crippen LogP contribution in [0.4, 0.5) is 20.5 Å². The fourth-order valence-electron chi connectivity index (χ4n) is 1.52. The van der Waals surface area contributed by atoms with Crippen molar-refractivity contribution in [3.05, 3.63) is 11.2 Å². The Bertz CT molecular complexity index is 365. The highest BCUT2D eigenvalue weighted by Gasteiger charge is 2.38. The van der Waals surface area contributed by atoms with Gasteiger partial charge in [-0.3, -0.25) is 0 Å². The summed E-state index contributed by atoms with van der Waals surface area (Å²) in [6, 6.07) is 1.43. The van der Waals surface area contributed by atoms with Gasteiger partial charge in [0.25, 0.3) is 5.92 Å². The lowest BCUT2D eigenvalue weighted by Gasteiger charge is -2.16. The molecule has 4 nitrogen and oxygen atoms in total. The highest BCUT2D eigenvalue weighted by molar-refractivity contribution is 6.29. The van der Waals surface area contributed by atoms with E-state index >= 15 is 0 Å². The molecule has 15 heavy (non-hydrogen) atoms. The minimum atomic E-state index is -2.66. The van der Waals surface area contributed by atoms with E-state index in [0.717, 1.165) is 0 Å². The van der Waals surface area contributed by atoms with Crippen LogP contribution in [0.5, 0.6) is 0 Å². The summed E-state index contributed by atoms with van der Waals surface area (Å²) >= 11 is 5.65. The minimum Gasteiger partial charge on any atom is -0.368 e. The normalized spacial score (nSPS) is 19.5. The molecule has 1 aromatic heterocycles. The molecule has 1 fully saturated rings. The first-order valence-electron chi connectivity index (χ1n) is 4.39. The smallest absolute Gasteiger partial charge is 0.266 e. The van der Waals surface area contributed by atoms with E-state index in [9.17, 15) is 8.78 Å². The van der Waals surface area contributed by atoms with Crippen LogP contribution in [0, 0.1) is 0 Å². The van der Waals surface area contributed by atoms with E-state index in [4.69, 9.17) is 17.3 Å². The lowest BCUT2D eigenvalue weighted by molar-refractivity contribution is 0.0256. The fraction of sp³-hybridized carbons (Fsp3) is 0.500. The number of nitrogens with two attached hydrogens (primary N) is 1. The van der Waals surface area contributed by atoms with Gasteiger partial charge in [0.15, 0.2) is 0 Å². The Balaban J connectivity index is 2.24. The molecule has 1 aliphatic rings. The summed E-state index contributed by atoms with van der Waals surface area (Å²) in [7, 11) is 0. The van der Waals surface area contributed by atoms with Crippen LogP contribution in [0.15, 0.2) is 6.07 Å². The van der Waals surface area contributed by atoms with E-state index in [2.05, 4.69) is 9.97 Å². The molecule has 0 aliphatic carbocycles.